The Morgan fingerprint density at radius 1 is 1.41 bits per heavy atom. The maximum Gasteiger partial charge on any atom is 0.156 e. The molecule has 0 amide bonds. The summed E-state index contributed by atoms with van der Waals surface area (Å²) >= 11 is 17.0. The normalized spacial score (nSPS) is 12.2. The van der Waals surface area contributed by atoms with Gasteiger partial charge in [0.1, 0.15) is 0 Å². The highest BCUT2D eigenvalue weighted by atomic mass is 35.5. The third-order valence-corrected chi connectivity index (χ3v) is 3.12. The quantitative estimate of drug-likeness (QED) is 0.837. The van der Waals surface area contributed by atoms with E-state index < -0.39 is 0 Å². The number of ether oxygens (including phenoxy) is 1. The predicted octanol–water partition coefficient (Wildman–Crippen LogP) is 3.86. The highest BCUT2D eigenvalue weighted by molar-refractivity contribution is 7.80. The van der Waals surface area contributed by atoms with Crippen LogP contribution in [0.4, 0.5) is 0 Å². The Hall–Kier alpha value is -0.510. The topological polar surface area (TPSA) is 35.2 Å². The molecule has 0 aliphatic rings. The fourth-order valence-electron chi connectivity index (χ4n) is 1.74. The average molecular weight is 292 g/mol. The van der Waals surface area contributed by atoms with Crippen LogP contribution in [0.15, 0.2) is 12.1 Å². The molecule has 0 saturated heterocycles. The maximum atomic E-state index is 6.06. The zero-order valence-corrected chi connectivity index (χ0v) is 12.1. The Bertz CT molecular complexity index is 400. The second-order valence-corrected chi connectivity index (χ2v) is 5.41. The minimum Gasteiger partial charge on any atom is -0.494 e. The molecule has 0 aliphatic heterocycles. The van der Waals surface area contributed by atoms with Gasteiger partial charge in [0.25, 0.3) is 0 Å². The van der Waals surface area contributed by atoms with Crippen LogP contribution in [-0.4, -0.2) is 12.1 Å². The van der Waals surface area contributed by atoms with Gasteiger partial charge >= 0.3 is 0 Å². The van der Waals surface area contributed by atoms with E-state index in [-0.39, 0.29) is 0 Å². The monoisotopic (exact) mass is 291 g/mol. The van der Waals surface area contributed by atoms with Crippen LogP contribution in [0, 0.1) is 5.92 Å². The van der Waals surface area contributed by atoms with Crippen molar-refractivity contribution in [1.29, 1.82) is 0 Å². The number of benzene rings is 1. The minimum atomic E-state index is 0.369. The number of thiocarbonyl (C=S) groups is 1. The molecule has 0 fully saturated rings. The summed E-state index contributed by atoms with van der Waals surface area (Å²) in [6.45, 7) is 2.09. The number of rotatable bonds is 5. The fraction of sp³-hybridized carbons (Fsp3) is 0.417. The van der Waals surface area contributed by atoms with Crippen molar-refractivity contribution in [3.63, 3.8) is 0 Å². The molecule has 1 aromatic carbocycles. The van der Waals surface area contributed by atoms with Crippen LogP contribution in [0.5, 0.6) is 5.75 Å². The largest absolute Gasteiger partial charge is 0.494 e. The summed E-state index contributed by atoms with van der Waals surface area (Å²) < 4.78 is 5.10. The van der Waals surface area contributed by atoms with E-state index in [2.05, 4.69) is 6.92 Å². The molecule has 1 aromatic rings. The summed E-state index contributed by atoms with van der Waals surface area (Å²) in [5.74, 6) is 0.882. The lowest BCUT2D eigenvalue weighted by Crippen LogP contribution is -2.13. The zero-order valence-electron chi connectivity index (χ0n) is 9.80. The Morgan fingerprint density at radius 3 is 2.35 bits per heavy atom. The van der Waals surface area contributed by atoms with Crippen LogP contribution < -0.4 is 10.5 Å². The van der Waals surface area contributed by atoms with Gasteiger partial charge in [-0.3, -0.25) is 0 Å². The molecular weight excluding hydrogens is 277 g/mol. The summed E-state index contributed by atoms with van der Waals surface area (Å²) in [5, 5.41) is 1.05. The molecule has 0 aromatic heterocycles. The summed E-state index contributed by atoms with van der Waals surface area (Å²) in [5.41, 5.74) is 6.57. The Kier molecular flexibility index (Phi) is 5.50. The molecule has 0 heterocycles. The molecule has 94 valence electrons. The minimum absolute atomic E-state index is 0.369. The van der Waals surface area contributed by atoms with Gasteiger partial charge in [0.05, 0.1) is 22.1 Å². The van der Waals surface area contributed by atoms with E-state index in [9.17, 15) is 0 Å². The molecule has 1 atom stereocenters. The number of hydrogen-bond donors (Lipinski definition) is 1. The summed E-state index contributed by atoms with van der Waals surface area (Å²) in [6, 6.07) is 3.73. The lowest BCUT2D eigenvalue weighted by molar-refractivity contribution is 0.415. The first-order chi connectivity index (χ1) is 7.93. The van der Waals surface area contributed by atoms with E-state index >= 15 is 0 Å². The standard InChI is InChI=1S/C12H15Cl2NOS/c1-7(4-11(15)17)3-8-5-9(13)12(16-2)10(14)6-8/h5-7H,3-4H2,1-2H3,(H2,15,17). The van der Waals surface area contributed by atoms with Crippen molar-refractivity contribution in [3.05, 3.63) is 27.7 Å². The third-order valence-electron chi connectivity index (χ3n) is 2.40. The Labute approximate surface area is 117 Å². The average Bonchev–Trinajstić information content (AvgIpc) is 2.15. The molecule has 1 rings (SSSR count). The van der Waals surface area contributed by atoms with E-state index in [0.717, 1.165) is 18.4 Å². The van der Waals surface area contributed by atoms with Crippen molar-refractivity contribution in [3.8, 4) is 5.75 Å². The smallest absolute Gasteiger partial charge is 0.156 e. The first-order valence-electron chi connectivity index (χ1n) is 5.24. The summed E-state index contributed by atoms with van der Waals surface area (Å²) in [4.78, 5) is 0.531. The van der Waals surface area contributed by atoms with E-state index in [1.54, 1.807) is 7.11 Å². The number of nitrogens with two attached hydrogens (primary N) is 1. The zero-order chi connectivity index (χ0) is 13.0. The van der Waals surface area contributed by atoms with Gasteiger partial charge in [-0.1, -0.05) is 42.3 Å². The van der Waals surface area contributed by atoms with Crippen LogP contribution in [-0.2, 0) is 6.42 Å². The van der Waals surface area contributed by atoms with E-state index in [1.807, 2.05) is 12.1 Å². The highest BCUT2D eigenvalue weighted by Gasteiger charge is 2.11. The van der Waals surface area contributed by atoms with Gasteiger partial charge in [-0.25, -0.2) is 0 Å². The molecule has 0 radical (unpaired) electrons. The van der Waals surface area contributed by atoms with Crippen molar-refractivity contribution >= 4 is 40.4 Å². The predicted molar refractivity (Wildman–Crippen MR) is 77.3 cm³/mol. The second-order valence-electron chi connectivity index (χ2n) is 4.07. The lowest BCUT2D eigenvalue weighted by atomic mass is 9.98. The first kappa shape index (κ1) is 14.6. The van der Waals surface area contributed by atoms with Gasteiger partial charge in [0.15, 0.2) is 5.75 Å². The van der Waals surface area contributed by atoms with Gasteiger partial charge in [-0.2, -0.15) is 0 Å². The fourth-order valence-corrected chi connectivity index (χ4v) is 2.71. The molecule has 0 spiro atoms. The third kappa shape index (κ3) is 4.34. The van der Waals surface area contributed by atoms with Gasteiger partial charge < -0.3 is 10.5 Å². The molecule has 2 nitrogen and oxygen atoms in total. The van der Waals surface area contributed by atoms with E-state index in [0.29, 0.717) is 26.7 Å². The Balaban J connectivity index is 2.83. The molecule has 0 bridgehead atoms. The number of hydrogen-bond acceptors (Lipinski definition) is 2. The first-order valence-corrected chi connectivity index (χ1v) is 6.40. The van der Waals surface area contributed by atoms with Crippen LogP contribution in [0.3, 0.4) is 0 Å². The van der Waals surface area contributed by atoms with E-state index in [4.69, 9.17) is 45.9 Å². The van der Waals surface area contributed by atoms with Crippen LogP contribution in [0.25, 0.3) is 0 Å². The van der Waals surface area contributed by atoms with Crippen molar-refractivity contribution in [1.82, 2.24) is 0 Å². The number of methoxy groups -OCH3 is 1. The van der Waals surface area contributed by atoms with Gasteiger partial charge in [-0.15, -0.1) is 0 Å². The lowest BCUT2D eigenvalue weighted by Gasteiger charge is -2.13. The second kappa shape index (κ2) is 6.43. The van der Waals surface area contributed by atoms with Crippen LogP contribution >= 0.6 is 35.4 Å². The van der Waals surface area contributed by atoms with Crippen molar-refractivity contribution < 1.29 is 4.74 Å². The molecule has 2 N–H and O–H groups in total. The molecule has 0 aliphatic carbocycles. The van der Waals surface area contributed by atoms with Crippen LogP contribution in [0.1, 0.15) is 18.9 Å². The van der Waals surface area contributed by atoms with Gasteiger partial charge in [-0.05, 0) is 30.0 Å². The molecule has 17 heavy (non-hydrogen) atoms. The van der Waals surface area contributed by atoms with Crippen molar-refractivity contribution in [2.24, 2.45) is 11.7 Å². The number of halogens is 2. The maximum absolute atomic E-state index is 6.06. The Morgan fingerprint density at radius 2 is 1.94 bits per heavy atom. The summed E-state index contributed by atoms with van der Waals surface area (Å²) in [7, 11) is 1.54. The van der Waals surface area contributed by atoms with Crippen molar-refractivity contribution in [2.75, 3.05) is 7.11 Å². The van der Waals surface area contributed by atoms with E-state index in [1.165, 1.54) is 0 Å². The van der Waals surface area contributed by atoms with Crippen molar-refractivity contribution in [2.45, 2.75) is 19.8 Å². The molecular formula is C12H15Cl2NOS. The van der Waals surface area contributed by atoms with Gasteiger partial charge in [0, 0.05) is 6.42 Å². The van der Waals surface area contributed by atoms with Gasteiger partial charge in [0.2, 0.25) is 0 Å². The highest BCUT2D eigenvalue weighted by Crippen LogP contribution is 2.34. The van der Waals surface area contributed by atoms with Crippen LogP contribution in [0.2, 0.25) is 10.0 Å². The molecule has 5 heteroatoms. The summed E-state index contributed by atoms with van der Waals surface area (Å²) in [6.07, 6.45) is 1.55. The molecule has 0 saturated carbocycles. The molecule has 1 unspecified atom stereocenters. The SMILES string of the molecule is COc1c(Cl)cc(CC(C)CC(N)=S)cc1Cl.